The number of amides is 4. The van der Waals surface area contributed by atoms with Gasteiger partial charge in [0.25, 0.3) is 11.8 Å². The van der Waals surface area contributed by atoms with Gasteiger partial charge in [-0.05, 0) is 103 Å². The Kier molecular flexibility index (Phi) is 12.6. The summed E-state index contributed by atoms with van der Waals surface area (Å²) >= 11 is 0. The summed E-state index contributed by atoms with van der Waals surface area (Å²) in [5, 5.41) is 36.7. The molecule has 0 unspecified atom stereocenters. The Morgan fingerprint density at radius 1 is 0.627 bits per heavy atom. The van der Waals surface area contributed by atoms with Gasteiger partial charge in [0, 0.05) is 19.7 Å². The molecule has 13 nitrogen and oxygen atoms in total. The fraction of sp³-hybridized carbons (Fsp3) is 0.326. The number of carbonyl (C=O) groups is 5. The van der Waals surface area contributed by atoms with Crippen molar-refractivity contribution >= 4 is 41.0 Å². The van der Waals surface area contributed by atoms with Crippen LogP contribution in [0.15, 0.2) is 84.9 Å². The van der Waals surface area contributed by atoms with Crippen molar-refractivity contribution in [1.29, 1.82) is 10.5 Å². The molecule has 0 radical (unpaired) electrons. The predicted octanol–water partition coefficient (Wildman–Crippen LogP) is 6.56. The van der Waals surface area contributed by atoms with Gasteiger partial charge in [0.05, 0.1) is 51.7 Å². The number of aliphatic carboxylic acids is 1. The topological polar surface area (TPSA) is 186 Å². The molecule has 0 bridgehead atoms. The zero-order valence-corrected chi connectivity index (χ0v) is 34.7. The molecule has 0 aromatic heterocycles. The van der Waals surface area contributed by atoms with Crippen molar-refractivity contribution < 1.29 is 69.3 Å². The number of aliphatic hydroxyl groups excluding tert-OH is 1. The lowest BCUT2D eigenvalue weighted by Crippen LogP contribution is -2.73. The minimum atomic E-state index is -4.54. The van der Waals surface area contributed by atoms with E-state index in [-0.39, 0.29) is 73.8 Å². The highest BCUT2D eigenvalue weighted by atomic mass is 19.4. The summed E-state index contributed by atoms with van der Waals surface area (Å²) in [6.07, 6.45) is -9.13. The zero-order chi connectivity index (χ0) is 48.8. The first-order chi connectivity index (χ1) is 31.5. The van der Waals surface area contributed by atoms with Gasteiger partial charge in [0.1, 0.15) is 35.8 Å². The number of piperazine rings is 2. The average molecular weight is 937 g/mol. The molecule has 4 aromatic rings. The SMILES string of the molecule is N#Cc1ccc(N2CC(=O)N(Cc3ccc(C(F)(F)F)cc3)C3(CC(C(=O)O)C3)C2=O)c(F)c1.N#Cc1ccc(N2CC(=O)N(Cc3ccc(C(F)(F)F)cc3)C3(CC(CO)C3)C2=O)c(F)c1. The highest BCUT2D eigenvalue weighted by molar-refractivity contribution is 6.11. The van der Waals surface area contributed by atoms with Crippen LogP contribution in [0.5, 0.6) is 0 Å². The lowest BCUT2D eigenvalue weighted by molar-refractivity contribution is -0.169. The molecule has 2 heterocycles. The minimum absolute atomic E-state index is 0.0188. The van der Waals surface area contributed by atoms with Crippen LogP contribution in [0.3, 0.4) is 0 Å². The lowest BCUT2D eigenvalue weighted by atomic mass is 9.65. The van der Waals surface area contributed by atoms with Crippen LogP contribution in [-0.4, -0.2) is 80.4 Å². The smallest absolute Gasteiger partial charge is 0.416 e. The summed E-state index contributed by atoms with van der Waals surface area (Å²) in [5.41, 5.74) is -4.12. The Bertz CT molecular complexity index is 2720. The van der Waals surface area contributed by atoms with E-state index in [9.17, 15) is 69.3 Å². The Labute approximate surface area is 375 Å². The number of hydrogen-bond donors (Lipinski definition) is 2. The molecule has 2 saturated heterocycles. The number of nitrogens with zero attached hydrogens (tertiary/aromatic N) is 6. The number of alkyl halides is 6. The van der Waals surface area contributed by atoms with E-state index in [1.807, 2.05) is 0 Å². The second-order valence-corrected chi connectivity index (χ2v) is 16.7. The normalized spacial score (nSPS) is 22.7. The Hall–Kier alpha value is -7.39. The van der Waals surface area contributed by atoms with Gasteiger partial charge in [-0.3, -0.25) is 33.8 Å². The van der Waals surface area contributed by atoms with Gasteiger partial charge in [-0.15, -0.1) is 0 Å². The maximum atomic E-state index is 14.6. The molecule has 2 N–H and O–H groups in total. The number of hydrogen-bond acceptors (Lipinski definition) is 8. The fourth-order valence-corrected chi connectivity index (χ4v) is 8.96. The van der Waals surface area contributed by atoms with Gasteiger partial charge >= 0.3 is 18.3 Å². The standard InChI is InChI=1S/C23H17F4N3O4.C23H19F4N3O3/c24-17-7-14(10-28)3-6-18(17)29-12-19(31)30(22(21(29)34)8-15(9-22)20(32)33)11-13-1-4-16(5-2-13)23(25,26)27;24-18-7-15(10-28)3-6-19(18)29-12-20(32)30(22(21(29)33)8-16(9-22)13-31)11-14-1-4-17(5-2-14)23(25,26)27/h1-7,15H,8-9,11-12H2,(H,32,33);1-7,16,31H,8-9,11-13H2. The van der Waals surface area contributed by atoms with E-state index in [0.29, 0.717) is 11.1 Å². The maximum absolute atomic E-state index is 14.6. The second-order valence-electron chi connectivity index (χ2n) is 16.7. The first-order valence-corrected chi connectivity index (χ1v) is 20.4. The summed E-state index contributed by atoms with van der Waals surface area (Å²) in [6, 6.07) is 19.0. The van der Waals surface area contributed by atoms with Crippen LogP contribution < -0.4 is 9.80 Å². The van der Waals surface area contributed by atoms with Crippen LogP contribution in [0, 0.1) is 46.1 Å². The zero-order valence-electron chi connectivity index (χ0n) is 34.7. The summed E-state index contributed by atoms with van der Waals surface area (Å²) in [7, 11) is 0. The van der Waals surface area contributed by atoms with Crippen LogP contribution >= 0.6 is 0 Å². The molecule has 4 aromatic carbocycles. The highest BCUT2D eigenvalue weighted by Gasteiger charge is 2.62. The van der Waals surface area contributed by atoms with E-state index in [2.05, 4.69) is 0 Å². The van der Waals surface area contributed by atoms with Crippen molar-refractivity contribution in [2.24, 2.45) is 11.8 Å². The van der Waals surface area contributed by atoms with Crippen molar-refractivity contribution in [3.8, 4) is 12.1 Å². The number of carboxylic acids is 1. The van der Waals surface area contributed by atoms with Crippen LogP contribution in [0.4, 0.5) is 46.5 Å². The van der Waals surface area contributed by atoms with Crippen LogP contribution in [0.25, 0.3) is 0 Å². The largest absolute Gasteiger partial charge is 0.481 e. The Morgan fingerprint density at radius 3 is 1.31 bits per heavy atom. The number of anilines is 2. The Morgan fingerprint density at radius 2 is 1.00 bits per heavy atom. The van der Waals surface area contributed by atoms with Crippen LogP contribution in [-0.2, 0) is 49.4 Å². The summed E-state index contributed by atoms with van der Waals surface area (Å²) in [5.74, 6) is -6.30. The Balaban J connectivity index is 0.000000199. The highest BCUT2D eigenvalue weighted by Crippen LogP contribution is 2.49. The first-order valence-electron chi connectivity index (χ1n) is 20.4. The number of nitriles is 2. The molecule has 4 amide bonds. The van der Waals surface area contributed by atoms with E-state index in [0.717, 1.165) is 46.2 Å². The molecule has 4 aliphatic rings. The van der Waals surface area contributed by atoms with E-state index in [1.54, 1.807) is 12.1 Å². The molecular weight excluding hydrogens is 901 g/mol. The van der Waals surface area contributed by atoms with Crippen molar-refractivity contribution in [2.45, 2.75) is 62.2 Å². The third-order valence-corrected chi connectivity index (χ3v) is 12.5. The third kappa shape index (κ3) is 8.98. The molecule has 2 aliphatic carbocycles. The molecule has 21 heteroatoms. The van der Waals surface area contributed by atoms with E-state index in [1.165, 1.54) is 58.3 Å². The number of halogens is 8. The number of aliphatic hydroxyl groups is 1. The summed E-state index contributed by atoms with van der Waals surface area (Å²) in [6.45, 7) is -1.48. The minimum Gasteiger partial charge on any atom is -0.481 e. The van der Waals surface area contributed by atoms with E-state index < -0.39 is 94.8 Å². The monoisotopic (exact) mass is 936 g/mol. The van der Waals surface area contributed by atoms with Gasteiger partial charge in [0.2, 0.25) is 11.8 Å². The molecule has 348 valence electrons. The maximum Gasteiger partial charge on any atom is 0.416 e. The van der Waals surface area contributed by atoms with Crippen LogP contribution in [0.1, 0.15) is 59.1 Å². The quantitative estimate of drug-likeness (QED) is 0.185. The van der Waals surface area contributed by atoms with E-state index >= 15 is 0 Å². The number of rotatable bonds is 8. The lowest BCUT2D eigenvalue weighted by Gasteiger charge is -2.56. The molecule has 4 fully saturated rings. The van der Waals surface area contributed by atoms with Gasteiger partial charge in [-0.2, -0.15) is 36.9 Å². The van der Waals surface area contributed by atoms with Crippen molar-refractivity contribution in [1.82, 2.24) is 9.80 Å². The predicted molar refractivity (Wildman–Crippen MR) is 217 cm³/mol. The molecule has 67 heavy (non-hydrogen) atoms. The van der Waals surface area contributed by atoms with E-state index in [4.69, 9.17) is 10.5 Å². The number of benzene rings is 4. The number of carboxylic acid groups (broad SMARTS) is 1. The summed E-state index contributed by atoms with van der Waals surface area (Å²) in [4.78, 5) is 69.1. The van der Waals surface area contributed by atoms with Crippen LogP contribution in [0.2, 0.25) is 0 Å². The van der Waals surface area contributed by atoms with Gasteiger partial charge in [0.15, 0.2) is 0 Å². The van der Waals surface area contributed by atoms with Crippen molar-refractivity contribution in [3.05, 3.63) is 130 Å². The van der Waals surface area contributed by atoms with Gasteiger partial charge in [-0.1, -0.05) is 24.3 Å². The second kappa shape index (κ2) is 17.8. The van der Waals surface area contributed by atoms with Gasteiger partial charge < -0.3 is 20.0 Å². The fourth-order valence-electron chi connectivity index (χ4n) is 8.96. The van der Waals surface area contributed by atoms with Crippen molar-refractivity contribution in [2.75, 3.05) is 29.5 Å². The average Bonchev–Trinajstić information content (AvgIpc) is 3.25. The molecule has 2 spiro atoms. The molecule has 2 saturated carbocycles. The molecule has 8 rings (SSSR count). The number of carbonyl (C=O) groups excluding carboxylic acids is 4. The first kappa shape index (κ1) is 47.6. The summed E-state index contributed by atoms with van der Waals surface area (Å²) < 4.78 is 106. The molecule has 2 aliphatic heterocycles. The molecular formula is C46H36F8N6O7. The van der Waals surface area contributed by atoms with Gasteiger partial charge in [-0.25, -0.2) is 8.78 Å². The third-order valence-electron chi connectivity index (χ3n) is 12.5. The van der Waals surface area contributed by atoms with Crippen molar-refractivity contribution in [3.63, 3.8) is 0 Å². The molecule has 0 atom stereocenters.